The van der Waals surface area contributed by atoms with Crippen molar-refractivity contribution < 1.29 is 0 Å². The van der Waals surface area contributed by atoms with Crippen molar-refractivity contribution in [3.63, 3.8) is 0 Å². The predicted octanol–water partition coefficient (Wildman–Crippen LogP) is 9.56. The monoisotopic (exact) mass is 604 g/mol. The zero-order valence-corrected chi connectivity index (χ0v) is 28.1. The van der Waals surface area contributed by atoms with Gasteiger partial charge in [-0.25, -0.2) is 0 Å². The van der Waals surface area contributed by atoms with Gasteiger partial charge in [0.1, 0.15) is 0 Å². The highest BCUT2D eigenvalue weighted by Crippen LogP contribution is 2.49. The van der Waals surface area contributed by atoms with Gasteiger partial charge in [-0.1, -0.05) is 84.6 Å². The summed E-state index contributed by atoms with van der Waals surface area (Å²) in [6, 6.07) is 38.3. The molecule has 0 fully saturated rings. The van der Waals surface area contributed by atoms with Crippen molar-refractivity contribution in [1.29, 1.82) is 0 Å². The third kappa shape index (κ3) is 6.68. The molecule has 1 aliphatic heterocycles. The van der Waals surface area contributed by atoms with Gasteiger partial charge in [0.15, 0.2) is 5.17 Å². The Morgan fingerprint density at radius 1 is 0.614 bits per heavy atom. The van der Waals surface area contributed by atoms with Gasteiger partial charge >= 0.3 is 0 Å². The summed E-state index contributed by atoms with van der Waals surface area (Å²) < 4.78 is 0. The fraction of sp³-hybridized carbons (Fsp3) is 0.359. The minimum absolute atomic E-state index is 0.0317. The Morgan fingerprint density at radius 3 is 1.59 bits per heavy atom. The summed E-state index contributed by atoms with van der Waals surface area (Å²) in [7, 11) is 0. The Morgan fingerprint density at radius 2 is 1.11 bits per heavy atom. The van der Waals surface area contributed by atoms with E-state index in [-0.39, 0.29) is 17.2 Å². The molecule has 2 atom stereocenters. The first-order chi connectivity index (χ1) is 21.5. The number of benzene rings is 4. The van der Waals surface area contributed by atoms with Gasteiger partial charge in [0, 0.05) is 55.7 Å². The molecule has 0 N–H and O–H groups in total. The first-order valence-electron chi connectivity index (χ1n) is 16.3. The highest BCUT2D eigenvalue weighted by Gasteiger charge is 2.40. The number of aryl methyl sites for hydroxylation is 1. The van der Waals surface area contributed by atoms with E-state index in [1.807, 2.05) is 11.8 Å². The zero-order valence-electron chi connectivity index (χ0n) is 27.3. The third-order valence-corrected chi connectivity index (χ3v) is 10.3. The van der Waals surface area contributed by atoms with Gasteiger partial charge in [-0.2, -0.15) is 0 Å². The SMILES string of the molecule is CCN(CC)c1ccc(C(c2ccc(N(CC)CC)cc2)C2SC(N(CC)c3ccccc3C)=NC2c2ccccc2)cc1. The molecule has 0 saturated carbocycles. The van der Waals surface area contributed by atoms with Gasteiger partial charge < -0.3 is 14.7 Å². The van der Waals surface area contributed by atoms with Crippen molar-refractivity contribution in [2.24, 2.45) is 4.99 Å². The lowest BCUT2D eigenvalue weighted by Crippen LogP contribution is -2.29. The van der Waals surface area contributed by atoms with Crippen molar-refractivity contribution >= 4 is 34.0 Å². The van der Waals surface area contributed by atoms with E-state index in [1.54, 1.807) is 0 Å². The van der Waals surface area contributed by atoms with Crippen LogP contribution in [0.4, 0.5) is 17.1 Å². The van der Waals surface area contributed by atoms with Crippen molar-refractivity contribution in [2.75, 3.05) is 47.4 Å². The second-order valence-corrected chi connectivity index (χ2v) is 12.5. The van der Waals surface area contributed by atoms with E-state index in [9.17, 15) is 0 Å². The van der Waals surface area contributed by atoms with Gasteiger partial charge in [-0.05, 0) is 94.1 Å². The molecule has 0 aromatic heterocycles. The summed E-state index contributed by atoms with van der Waals surface area (Å²) in [5, 5.41) is 1.30. The number of nitrogens with zero attached hydrogens (tertiary/aromatic N) is 4. The van der Waals surface area contributed by atoms with Crippen LogP contribution in [0.3, 0.4) is 0 Å². The molecule has 0 bridgehead atoms. The van der Waals surface area contributed by atoms with Crippen LogP contribution >= 0.6 is 11.8 Å². The molecule has 0 amide bonds. The van der Waals surface area contributed by atoms with Gasteiger partial charge in [0.05, 0.1) is 11.3 Å². The quantitative estimate of drug-likeness (QED) is 0.161. The zero-order chi connectivity index (χ0) is 31.1. The molecule has 1 heterocycles. The lowest BCUT2D eigenvalue weighted by molar-refractivity contribution is 0.627. The lowest BCUT2D eigenvalue weighted by atomic mass is 9.83. The number of thioether (sulfide) groups is 1. The molecular weight excluding hydrogens is 557 g/mol. The van der Waals surface area contributed by atoms with Crippen LogP contribution in [0.5, 0.6) is 0 Å². The molecule has 0 saturated heterocycles. The van der Waals surface area contributed by atoms with Crippen LogP contribution in [-0.4, -0.2) is 43.1 Å². The molecule has 5 heteroatoms. The van der Waals surface area contributed by atoms with Crippen LogP contribution in [0.1, 0.15) is 68.8 Å². The number of para-hydroxylation sites is 1. The highest BCUT2D eigenvalue weighted by atomic mass is 32.2. The van der Waals surface area contributed by atoms with Gasteiger partial charge in [-0.15, -0.1) is 0 Å². The van der Waals surface area contributed by atoms with Crippen LogP contribution in [0.25, 0.3) is 0 Å². The van der Waals surface area contributed by atoms with Crippen LogP contribution < -0.4 is 14.7 Å². The fourth-order valence-electron chi connectivity index (χ4n) is 6.52. The molecule has 4 aromatic rings. The second-order valence-electron chi connectivity index (χ2n) is 11.4. The Kier molecular flexibility index (Phi) is 10.7. The van der Waals surface area contributed by atoms with Crippen LogP contribution in [0.15, 0.2) is 108 Å². The van der Waals surface area contributed by atoms with E-state index in [2.05, 4.69) is 159 Å². The molecule has 2 unspecified atom stereocenters. The molecule has 230 valence electrons. The first kappa shape index (κ1) is 31.7. The number of hydrogen-bond acceptors (Lipinski definition) is 5. The Hall–Kier alpha value is -3.70. The lowest BCUT2D eigenvalue weighted by Gasteiger charge is -2.30. The highest BCUT2D eigenvalue weighted by molar-refractivity contribution is 8.15. The van der Waals surface area contributed by atoms with Crippen molar-refractivity contribution in [3.05, 3.63) is 125 Å². The molecule has 5 rings (SSSR count). The summed E-state index contributed by atoms with van der Waals surface area (Å²) in [6.45, 7) is 18.2. The number of anilines is 3. The van der Waals surface area contributed by atoms with Crippen LogP contribution in [0, 0.1) is 6.92 Å². The average Bonchev–Trinajstić information content (AvgIpc) is 3.50. The standard InChI is InChI=1S/C39H48N4S/c1-7-41(8-2)33-25-21-30(22-26-33)36(31-23-27-34(28-24-31)42(9-3)10-4)38-37(32-18-13-12-14-19-32)40-39(44-38)43(11-5)35-20-16-15-17-29(35)6/h12-28,36-38H,7-11H2,1-6H3. The molecule has 0 aliphatic carbocycles. The molecule has 1 aliphatic rings. The largest absolute Gasteiger partial charge is 0.372 e. The maximum atomic E-state index is 5.53. The van der Waals surface area contributed by atoms with Gasteiger partial charge in [-0.3, -0.25) is 4.99 Å². The van der Waals surface area contributed by atoms with E-state index < -0.39 is 0 Å². The van der Waals surface area contributed by atoms with Crippen LogP contribution in [0.2, 0.25) is 0 Å². The molecular formula is C39H48N4S. The third-order valence-electron chi connectivity index (χ3n) is 8.99. The molecule has 0 radical (unpaired) electrons. The fourth-order valence-corrected chi connectivity index (χ4v) is 8.09. The number of amidine groups is 1. The molecule has 44 heavy (non-hydrogen) atoms. The summed E-state index contributed by atoms with van der Waals surface area (Å²) in [5.41, 5.74) is 9.01. The average molecular weight is 605 g/mol. The van der Waals surface area contributed by atoms with Gasteiger partial charge in [0.2, 0.25) is 0 Å². The summed E-state index contributed by atoms with van der Waals surface area (Å²) in [5.74, 6) is 0.165. The Bertz CT molecular complexity index is 1440. The summed E-state index contributed by atoms with van der Waals surface area (Å²) >= 11 is 1.94. The Labute approximate surface area is 269 Å². The van der Waals surface area contributed by atoms with Crippen molar-refractivity contribution in [3.8, 4) is 0 Å². The topological polar surface area (TPSA) is 22.1 Å². The molecule has 4 aromatic carbocycles. The number of aliphatic imine (C=N–C) groups is 1. The smallest absolute Gasteiger partial charge is 0.164 e. The first-order valence-corrected chi connectivity index (χ1v) is 17.2. The predicted molar refractivity (Wildman–Crippen MR) is 194 cm³/mol. The van der Waals surface area contributed by atoms with Crippen molar-refractivity contribution in [2.45, 2.75) is 58.8 Å². The number of hydrogen-bond donors (Lipinski definition) is 0. The van der Waals surface area contributed by atoms with E-state index in [0.717, 1.165) is 37.9 Å². The van der Waals surface area contributed by atoms with E-state index in [0.29, 0.717) is 0 Å². The second kappa shape index (κ2) is 14.9. The minimum atomic E-state index is 0.0317. The number of rotatable bonds is 12. The Balaban J connectivity index is 1.61. The maximum absolute atomic E-state index is 5.53. The minimum Gasteiger partial charge on any atom is -0.372 e. The van der Waals surface area contributed by atoms with E-state index in [1.165, 1.54) is 39.3 Å². The maximum Gasteiger partial charge on any atom is 0.164 e. The van der Waals surface area contributed by atoms with Crippen molar-refractivity contribution in [1.82, 2.24) is 0 Å². The van der Waals surface area contributed by atoms with E-state index >= 15 is 0 Å². The molecule has 4 nitrogen and oxygen atoms in total. The van der Waals surface area contributed by atoms with Gasteiger partial charge in [0.25, 0.3) is 0 Å². The summed E-state index contributed by atoms with van der Waals surface area (Å²) in [6.07, 6.45) is 0. The summed E-state index contributed by atoms with van der Waals surface area (Å²) in [4.78, 5) is 12.8. The van der Waals surface area contributed by atoms with Crippen LogP contribution in [-0.2, 0) is 0 Å². The van der Waals surface area contributed by atoms with E-state index in [4.69, 9.17) is 4.99 Å². The normalized spacial score (nSPS) is 16.2. The molecule has 0 spiro atoms.